The molecule has 2 aliphatic rings. The molecule has 196 valence electrons. The Morgan fingerprint density at radius 3 is 2.11 bits per heavy atom. The number of aromatic nitrogens is 3. The Hall–Kier alpha value is -3.80. The molecular weight excluding hydrogens is 487 g/mol. The van der Waals surface area contributed by atoms with Gasteiger partial charge in [-0.3, -0.25) is 0 Å². The number of morpholine rings is 1. The van der Waals surface area contributed by atoms with Crippen molar-refractivity contribution in [1.82, 2.24) is 15.0 Å². The molecule has 5 rings (SSSR count). The van der Waals surface area contributed by atoms with Crippen LogP contribution >= 0.6 is 0 Å². The lowest BCUT2D eigenvalue weighted by Crippen LogP contribution is -2.47. The van der Waals surface area contributed by atoms with E-state index in [1.165, 1.54) is 12.3 Å². The van der Waals surface area contributed by atoms with Crippen LogP contribution in [0.4, 0.5) is 42.3 Å². The van der Waals surface area contributed by atoms with Crippen molar-refractivity contribution in [3.8, 4) is 5.75 Å². The molecule has 0 spiro atoms. The van der Waals surface area contributed by atoms with E-state index in [0.717, 1.165) is 23.3 Å². The van der Waals surface area contributed by atoms with Crippen molar-refractivity contribution in [2.24, 2.45) is 0 Å². The summed E-state index contributed by atoms with van der Waals surface area (Å²) in [5, 5.41) is 3.27. The van der Waals surface area contributed by atoms with E-state index in [2.05, 4.69) is 20.1 Å². The smallest absolute Gasteiger partial charge is 0.419 e. The second-order valence-corrected chi connectivity index (χ2v) is 8.71. The quantitative estimate of drug-likeness (QED) is 0.527. The number of piperazine rings is 1. The van der Waals surface area contributed by atoms with Crippen molar-refractivity contribution in [1.29, 1.82) is 0 Å². The fourth-order valence-corrected chi connectivity index (χ4v) is 4.42. The topological polar surface area (TPSA) is 78.9 Å². The molecule has 37 heavy (non-hydrogen) atoms. The van der Waals surface area contributed by atoms with Gasteiger partial charge in [0.15, 0.2) is 0 Å². The monoisotopic (exact) mass is 515 g/mol. The van der Waals surface area contributed by atoms with Crippen molar-refractivity contribution in [2.45, 2.75) is 6.18 Å². The molecule has 0 aliphatic carbocycles. The summed E-state index contributed by atoms with van der Waals surface area (Å²) < 4.78 is 51.2. The van der Waals surface area contributed by atoms with Gasteiger partial charge in [-0.1, -0.05) is 0 Å². The Labute approximate surface area is 212 Å². The van der Waals surface area contributed by atoms with Gasteiger partial charge in [-0.05, 0) is 36.4 Å². The van der Waals surface area contributed by atoms with Crippen molar-refractivity contribution in [2.75, 3.05) is 79.6 Å². The average molecular weight is 516 g/mol. The number of hydrogen-bond donors (Lipinski definition) is 1. The van der Waals surface area contributed by atoms with Crippen LogP contribution in [-0.4, -0.2) is 74.5 Å². The third-order valence-corrected chi connectivity index (χ3v) is 6.38. The van der Waals surface area contributed by atoms with Gasteiger partial charge in [-0.15, -0.1) is 0 Å². The third kappa shape index (κ3) is 5.79. The number of rotatable bonds is 6. The Balaban J connectivity index is 1.37. The molecule has 0 radical (unpaired) electrons. The van der Waals surface area contributed by atoms with E-state index in [-0.39, 0.29) is 5.82 Å². The summed E-state index contributed by atoms with van der Waals surface area (Å²) in [6.07, 6.45) is -3.06. The number of alkyl halides is 3. The van der Waals surface area contributed by atoms with Crippen LogP contribution in [0.15, 0.2) is 48.7 Å². The number of nitrogens with one attached hydrogen (secondary N) is 1. The van der Waals surface area contributed by atoms with Gasteiger partial charge in [-0.2, -0.15) is 23.1 Å². The van der Waals surface area contributed by atoms with Gasteiger partial charge in [-0.25, -0.2) is 4.98 Å². The molecule has 0 bridgehead atoms. The van der Waals surface area contributed by atoms with Crippen LogP contribution in [0.5, 0.6) is 5.75 Å². The maximum absolute atomic E-state index is 13.5. The SMILES string of the molecule is COc1ccc(Nc2nc(N3CCOCC3)cc(N3CCN(c4ncccc4C(F)(F)F)CC3)n2)cc1. The number of ether oxygens (including phenoxy) is 2. The molecule has 3 aromatic rings. The summed E-state index contributed by atoms with van der Waals surface area (Å²) in [5.41, 5.74) is 0.0941. The fraction of sp³-hybridized carbons (Fsp3) is 0.400. The van der Waals surface area contributed by atoms with Crippen molar-refractivity contribution in [3.63, 3.8) is 0 Å². The highest BCUT2D eigenvalue weighted by atomic mass is 19.4. The number of nitrogens with zero attached hydrogens (tertiary/aromatic N) is 6. The Kier molecular flexibility index (Phi) is 7.17. The van der Waals surface area contributed by atoms with E-state index in [1.54, 1.807) is 12.0 Å². The van der Waals surface area contributed by atoms with Crippen LogP contribution in [0.1, 0.15) is 5.56 Å². The number of pyridine rings is 1. The zero-order valence-corrected chi connectivity index (χ0v) is 20.4. The summed E-state index contributed by atoms with van der Waals surface area (Å²) >= 11 is 0. The number of hydrogen-bond acceptors (Lipinski definition) is 9. The molecule has 2 fully saturated rings. The van der Waals surface area contributed by atoms with Crippen molar-refractivity contribution < 1.29 is 22.6 Å². The molecular formula is C25H28F3N7O2. The molecule has 2 aromatic heterocycles. The minimum Gasteiger partial charge on any atom is -0.497 e. The van der Waals surface area contributed by atoms with E-state index < -0.39 is 11.7 Å². The Morgan fingerprint density at radius 1 is 0.865 bits per heavy atom. The zero-order valence-electron chi connectivity index (χ0n) is 20.4. The van der Waals surface area contributed by atoms with Crippen LogP contribution in [0, 0.1) is 0 Å². The first-order valence-corrected chi connectivity index (χ1v) is 12.1. The van der Waals surface area contributed by atoms with Gasteiger partial charge in [0.05, 0.1) is 25.9 Å². The first-order chi connectivity index (χ1) is 17.9. The minimum atomic E-state index is -4.46. The molecule has 9 nitrogen and oxygen atoms in total. The molecule has 2 aliphatic heterocycles. The summed E-state index contributed by atoms with van der Waals surface area (Å²) in [6, 6.07) is 11.8. The molecule has 0 atom stereocenters. The highest BCUT2D eigenvalue weighted by Gasteiger charge is 2.36. The molecule has 12 heteroatoms. The standard InChI is InChI=1S/C25H28F3N7O2/c1-36-19-6-4-18(5-7-19)30-24-31-21(17-22(32-24)34-13-15-37-16-14-34)33-9-11-35(12-10-33)23-20(25(26,27)28)3-2-8-29-23/h2-8,17H,9-16H2,1H3,(H,30,31,32). The number of anilines is 5. The molecule has 1 N–H and O–H groups in total. The fourth-order valence-electron chi connectivity index (χ4n) is 4.42. The summed E-state index contributed by atoms with van der Waals surface area (Å²) in [4.78, 5) is 19.4. The van der Waals surface area contributed by atoms with Gasteiger partial charge in [0.1, 0.15) is 23.2 Å². The summed E-state index contributed by atoms with van der Waals surface area (Å²) in [7, 11) is 1.61. The van der Waals surface area contributed by atoms with Gasteiger partial charge in [0.2, 0.25) is 5.95 Å². The normalized spacial score (nSPS) is 16.6. The van der Waals surface area contributed by atoms with Crippen LogP contribution < -0.4 is 24.8 Å². The predicted octanol–water partition coefficient (Wildman–Crippen LogP) is 3.81. The lowest BCUT2D eigenvalue weighted by molar-refractivity contribution is -0.137. The maximum Gasteiger partial charge on any atom is 0.419 e. The first kappa shape index (κ1) is 24.9. The van der Waals surface area contributed by atoms with E-state index in [0.29, 0.717) is 64.2 Å². The Bertz CT molecular complexity index is 1200. The van der Waals surface area contributed by atoms with Crippen molar-refractivity contribution >= 4 is 29.1 Å². The predicted molar refractivity (Wildman–Crippen MR) is 135 cm³/mol. The van der Waals surface area contributed by atoms with Crippen molar-refractivity contribution in [3.05, 3.63) is 54.2 Å². The van der Waals surface area contributed by atoms with Gasteiger partial charge in [0, 0.05) is 57.2 Å². The molecule has 1 aromatic carbocycles. The summed E-state index contributed by atoms with van der Waals surface area (Å²) in [5.74, 6) is 2.64. The highest BCUT2D eigenvalue weighted by molar-refractivity contribution is 5.61. The first-order valence-electron chi connectivity index (χ1n) is 12.1. The second kappa shape index (κ2) is 10.7. The molecule has 4 heterocycles. The van der Waals surface area contributed by atoms with E-state index >= 15 is 0 Å². The largest absolute Gasteiger partial charge is 0.497 e. The van der Waals surface area contributed by atoms with Gasteiger partial charge < -0.3 is 29.5 Å². The third-order valence-electron chi connectivity index (χ3n) is 6.38. The van der Waals surface area contributed by atoms with E-state index in [1.807, 2.05) is 30.3 Å². The van der Waals surface area contributed by atoms with Gasteiger partial charge in [0.25, 0.3) is 0 Å². The van der Waals surface area contributed by atoms with E-state index in [4.69, 9.17) is 19.4 Å². The number of benzene rings is 1. The second-order valence-electron chi connectivity index (χ2n) is 8.71. The summed E-state index contributed by atoms with van der Waals surface area (Å²) in [6.45, 7) is 4.43. The molecule has 2 saturated heterocycles. The van der Waals surface area contributed by atoms with Gasteiger partial charge >= 0.3 is 6.18 Å². The number of halogens is 3. The van der Waals surface area contributed by atoms with Crippen LogP contribution in [0.2, 0.25) is 0 Å². The maximum atomic E-state index is 13.5. The average Bonchev–Trinajstić information content (AvgIpc) is 2.93. The zero-order chi connectivity index (χ0) is 25.8. The number of methoxy groups -OCH3 is 1. The Morgan fingerprint density at radius 2 is 1.49 bits per heavy atom. The lowest BCUT2D eigenvalue weighted by Gasteiger charge is -2.37. The highest BCUT2D eigenvalue weighted by Crippen LogP contribution is 2.35. The molecule has 0 amide bonds. The lowest BCUT2D eigenvalue weighted by atomic mass is 10.2. The molecule has 0 saturated carbocycles. The molecule has 0 unspecified atom stereocenters. The van der Waals surface area contributed by atoms with Crippen LogP contribution in [0.3, 0.4) is 0 Å². The van der Waals surface area contributed by atoms with Crippen LogP contribution in [0.25, 0.3) is 0 Å². The van der Waals surface area contributed by atoms with E-state index in [9.17, 15) is 13.2 Å². The minimum absolute atomic E-state index is 0.0341. The van der Waals surface area contributed by atoms with Crippen LogP contribution in [-0.2, 0) is 10.9 Å².